The summed E-state index contributed by atoms with van der Waals surface area (Å²) in [6.45, 7) is 1.16. The lowest BCUT2D eigenvalue weighted by molar-refractivity contribution is -0.393. The number of hydrogen-bond acceptors (Lipinski definition) is 19. The first-order valence-electron chi connectivity index (χ1n) is 13.8. The Balaban J connectivity index is 1.55. The van der Waals surface area contributed by atoms with Gasteiger partial charge in [0.1, 0.15) is 85.5 Å². The second-order valence-corrected chi connectivity index (χ2v) is 11.1. The van der Waals surface area contributed by atoms with E-state index in [4.69, 9.17) is 33.2 Å². The summed E-state index contributed by atoms with van der Waals surface area (Å²) in [7, 11) is 0. The van der Waals surface area contributed by atoms with Crippen LogP contribution in [0.4, 0.5) is 0 Å². The molecule has 0 saturated carbocycles. The molecule has 4 heterocycles. The fourth-order valence-corrected chi connectivity index (χ4v) is 5.40. The molecule has 252 valence electrons. The maximum absolute atomic E-state index is 11.1. The zero-order valence-electron chi connectivity index (χ0n) is 23.2. The van der Waals surface area contributed by atoms with E-state index in [1.54, 1.807) is 0 Å². The van der Waals surface area contributed by atoms with Gasteiger partial charge >= 0.3 is 0 Å². The van der Waals surface area contributed by atoms with Gasteiger partial charge in [-0.1, -0.05) is 0 Å². The molecule has 0 aromatic carbocycles. The van der Waals surface area contributed by atoms with Crippen molar-refractivity contribution in [1.29, 1.82) is 0 Å². The van der Waals surface area contributed by atoms with Crippen molar-refractivity contribution in [3.05, 3.63) is 0 Å². The molecular formula is C24H42O19. The number of ether oxygens (including phenoxy) is 7. The molecule has 4 fully saturated rings. The second kappa shape index (κ2) is 14.3. The minimum absolute atomic E-state index is 0.755. The van der Waals surface area contributed by atoms with E-state index in [1.165, 1.54) is 13.8 Å². The standard InChI is InChI=1S/C24H42O19/c1-5-9(27)13(31)15(33)22(37-5)43-20-14(32)11(29)7(3-25)40-24(20)42-18-10(28)6(2)38-23(17(18)35)41-19-12(30)8(4-26)39-21(36)16(19)34/h5-36H,3-4H2,1-2H3. The molecule has 0 aromatic heterocycles. The summed E-state index contributed by atoms with van der Waals surface area (Å²) in [5.74, 6) is 0. The maximum Gasteiger partial charge on any atom is 0.187 e. The van der Waals surface area contributed by atoms with Crippen molar-refractivity contribution in [2.24, 2.45) is 0 Å². The molecule has 0 amide bonds. The number of hydrogen-bond donors (Lipinski definition) is 12. The average Bonchev–Trinajstić information content (AvgIpc) is 2.98. The Hall–Kier alpha value is -0.760. The molecule has 20 unspecified atom stereocenters. The highest BCUT2D eigenvalue weighted by molar-refractivity contribution is 4.97. The molecule has 0 aliphatic carbocycles. The molecule has 20 atom stereocenters. The fraction of sp³-hybridized carbons (Fsp3) is 1.00. The molecule has 43 heavy (non-hydrogen) atoms. The van der Waals surface area contributed by atoms with E-state index < -0.39 is 136 Å². The van der Waals surface area contributed by atoms with Crippen LogP contribution in [0.2, 0.25) is 0 Å². The Morgan fingerprint density at radius 2 is 0.907 bits per heavy atom. The number of rotatable bonds is 8. The molecule has 4 rings (SSSR count). The molecule has 4 aliphatic heterocycles. The van der Waals surface area contributed by atoms with E-state index in [2.05, 4.69) is 0 Å². The van der Waals surface area contributed by atoms with Gasteiger partial charge in [0.25, 0.3) is 0 Å². The van der Waals surface area contributed by atoms with Gasteiger partial charge in [0, 0.05) is 0 Å². The van der Waals surface area contributed by atoms with Crippen LogP contribution < -0.4 is 0 Å². The molecular weight excluding hydrogens is 592 g/mol. The zero-order valence-corrected chi connectivity index (χ0v) is 23.2. The summed E-state index contributed by atoms with van der Waals surface area (Å²) in [5.41, 5.74) is 0. The summed E-state index contributed by atoms with van der Waals surface area (Å²) in [4.78, 5) is 0. The Bertz CT molecular complexity index is 886. The summed E-state index contributed by atoms with van der Waals surface area (Å²) in [6, 6.07) is 0. The van der Waals surface area contributed by atoms with E-state index in [9.17, 15) is 61.3 Å². The third-order valence-electron chi connectivity index (χ3n) is 8.13. The van der Waals surface area contributed by atoms with Crippen molar-refractivity contribution in [2.75, 3.05) is 13.2 Å². The van der Waals surface area contributed by atoms with Crippen molar-refractivity contribution >= 4 is 0 Å². The van der Waals surface area contributed by atoms with Crippen molar-refractivity contribution in [3.8, 4) is 0 Å². The van der Waals surface area contributed by atoms with Crippen LogP contribution in [-0.4, -0.2) is 197 Å². The van der Waals surface area contributed by atoms with Gasteiger partial charge in [-0.25, -0.2) is 0 Å². The van der Waals surface area contributed by atoms with Gasteiger partial charge in [-0.3, -0.25) is 0 Å². The topological polar surface area (TPSA) is 307 Å². The van der Waals surface area contributed by atoms with Crippen LogP contribution in [-0.2, 0) is 33.2 Å². The van der Waals surface area contributed by atoms with Crippen LogP contribution in [0.15, 0.2) is 0 Å². The van der Waals surface area contributed by atoms with Crippen LogP contribution in [0.3, 0.4) is 0 Å². The Morgan fingerprint density at radius 3 is 1.51 bits per heavy atom. The first kappa shape index (κ1) is 35.1. The Labute approximate surface area is 244 Å². The molecule has 4 saturated heterocycles. The minimum Gasteiger partial charge on any atom is -0.394 e. The van der Waals surface area contributed by atoms with E-state index in [0.717, 1.165) is 0 Å². The lowest BCUT2D eigenvalue weighted by atomic mass is 9.96. The van der Waals surface area contributed by atoms with Crippen molar-refractivity contribution in [3.63, 3.8) is 0 Å². The molecule has 19 nitrogen and oxygen atoms in total. The van der Waals surface area contributed by atoms with E-state index in [1.807, 2.05) is 0 Å². The summed E-state index contributed by atoms with van der Waals surface area (Å²) >= 11 is 0. The molecule has 19 heteroatoms. The molecule has 4 aliphatic rings. The van der Waals surface area contributed by atoms with Crippen LogP contribution >= 0.6 is 0 Å². The van der Waals surface area contributed by atoms with Gasteiger partial charge in [0.15, 0.2) is 25.2 Å². The van der Waals surface area contributed by atoms with Gasteiger partial charge in [-0.2, -0.15) is 0 Å². The number of aliphatic hydroxyl groups excluding tert-OH is 12. The second-order valence-electron chi connectivity index (χ2n) is 11.1. The highest BCUT2D eigenvalue weighted by atomic mass is 16.8. The highest BCUT2D eigenvalue weighted by Gasteiger charge is 2.55. The molecule has 0 spiro atoms. The van der Waals surface area contributed by atoms with Crippen molar-refractivity contribution in [1.82, 2.24) is 0 Å². The molecule has 0 bridgehead atoms. The summed E-state index contributed by atoms with van der Waals surface area (Å²) in [5, 5.41) is 124. The normalized spacial score (nSPS) is 54.8. The van der Waals surface area contributed by atoms with Gasteiger partial charge in [-0.05, 0) is 13.8 Å². The Kier molecular flexibility index (Phi) is 11.7. The first-order chi connectivity index (χ1) is 20.2. The van der Waals surface area contributed by atoms with Gasteiger partial charge in [-0.15, -0.1) is 0 Å². The summed E-state index contributed by atoms with van der Waals surface area (Å²) < 4.78 is 38.4. The predicted octanol–water partition coefficient (Wildman–Crippen LogP) is -7.69. The smallest absolute Gasteiger partial charge is 0.187 e. The van der Waals surface area contributed by atoms with Crippen molar-refractivity contribution < 1.29 is 94.4 Å². The van der Waals surface area contributed by atoms with Crippen LogP contribution in [0.5, 0.6) is 0 Å². The monoisotopic (exact) mass is 634 g/mol. The maximum atomic E-state index is 11.1. The summed E-state index contributed by atoms with van der Waals surface area (Å²) in [6.07, 6.45) is -33.0. The molecule has 0 aromatic rings. The first-order valence-corrected chi connectivity index (χ1v) is 13.8. The zero-order chi connectivity index (χ0) is 31.9. The highest BCUT2D eigenvalue weighted by Crippen LogP contribution is 2.34. The van der Waals surface area contributed by atoms with Gasteiger partial charge < -0.3 is 94.4 Å². The van der Waals surface area contributed by atoms with Crippen LogP contribution in [0.1, 0.15) is 13.8 Å². The van der Waals surface area contributed by atoms with Crippen LogP contribution in [0, 0.1) is 0 Å². The molecule has 12 N–H and O–H groups in total. The average molecular weight is 635 g/mol. The quantitative estimate of drug-likeness (QED) is 0.118. The van der Waals surface area contributed by atoms with Gasteiger partial charge in [0.2, 0.25) is 0 Å². The predicted molar refractivity (Wildman–Crippen MR) is 131 cm³/mol. The van der Waals surface area contributed by atoms with Crippen LogP contribution in [0.25, 0.3) is 0 Å². The minimum atomic E-state index is -1.92. The third-order valence-corrected chi connectivity index (χ3v) is 8.13. The SMILES string of the molecule is CC1OC(OC2C(OC3C(O)C(C)OC(OC4C(O)C(O)OC(CO)C4O)C3O)OC(CO)C(O)C2O)C(O)C(O)C1O. The van der Waals surface area contributed by atoms with Crippen molar-refractivity contribution in [2.45, 2.75) is 137 Å². The van der Waals surface area contributed by atoms with Gasteiger partial charge in [0.05, 0.1) is 25.4 Å². The number of aliphatic hydroxyl groups is 12. The molecule has 0 radical (unpaired) electrons. The third kappa shape index (κ3) is 7.00. The van der Waals surface area contributed by atoms with E-state index in [0.29, 0.717) is 0 Å². The largest absolute Gasteiger partial charge is 0.394 e. The van der Waals surface area contributed by atoms with E-state index >= 15 is 0 Å². The Morgan fingerprint density at radius 1 is 0.419 bits per heavy atom. The lowest BCUT2D eigenvalue weighted by Gasteiger charge is -2.49. The van der Waals surface area contributed by atoms with E-state index in [-0.39, 0.29) is 0 Å². The lowest BCUT2D eigenvalue weighted by Crippen LogP contribution is -2.67. The fourth-order valence-electron chi connectivity index (χ4n) is 5.40.